The molecule has 0 saturated heterocycles. The Morgan fingerprint density at radius 3 is 2.21 bits per heavy atom. The fourth-order valence-corrected chi connectivity index (χ4v) is 3.41. The van der Waals surface area contributed by atoms with Crippen molar-refractivity contribution in [3.8, 4) is 5.75 Å². The molecule has 2 N–H and O–H groups in total. The number of fused-ring (bicyclic) bond motifs is 1. The van der Waals surface area contributed by atoms with Crippen LogP contribution in [0, 0.1) is 6.92 Å². The molecule has 0 aliphatic rings. The average molecular weight is 379 g/mol. The lowest BCUT2D eigenvalue weighted by atomic mass is 10.1. The van der Waals surface area contributed by atoms with Crippen LogP contribution in [0.2, 0.25) is 0 Å². The van der Waals surface area contributed by atoms with Crippen molar-refractivity contribution in [2.45, 2.75) is 34.2 Å². The Balaban J connectivity index is 1.92. The van der Waals surface area contributed by atoms with Gasteiger partial charge in [-0.15, -0.1) is 0 Å². The van der Waals surface area contributed by atoms with Gasteiger partial charge in [0.05, 0.1) is 6.61 Å². The van der Waals surface area contributed by atoms with Crippen LogP contribution in [0.1, 0.15) is 36.8 Å². The zero-order chi connectivity index (χ0) is 20.3. The molecule has 146 valence electrons. The highest BCUT2D eigenvalue weighted by molar-refractivity contribution is 6.08. The maximum atomic E-state index is 13.0. The van der Waals surface area contributed by atoms with Gasteiger partial charge in [0.25, 0.3) is 5.91 Å². The Bertz CT molecular complexity index is 1020. The first-order chi connectivity index (χ1) is 13.4. The number of hydrogen-bond acceptors (Lipinski definition) is 3. The predicted octanol–water partition coefficient (Wildman–Crippen LogP) is 4.58. The lowest BCUT2D eigenvalue weighted by Gasteiger charge is -2.10. The first kappa shape index (κ1) is 19.5. The number of benzene rings is 2. The number of anilines is 2. The third-order valence-corrected chi connectivity index (χ3v) is 4.59. The lowest BCUT2D eigenvalue weighted by Crippen LogP contribution is -2.18. The SMILES string of the molecule is CCOc1ccc2c(c1)c(C)c(C(=O)Nc1ccc(NC(C)=O)cc1)n2CC. The smallest absolute Gasteiger partial charge is 0.272 e. The van der Waals surface area contributed by atoms with Crippen molar-refractivity contribution >= 4 is 34.1 Å². The van der Waals surface area contributed by atoms with Crippen LogP contribution in [0.15, 0.2) is 42.5 Å². The van der Waals surface area contributed by atoms with E-state index in [0.29, 0.717) is 30.2 Å². The molecule has 0 aliphatic carbocycles. The normalized spacial score (nSPS) is 10.7. The molecule has 3 aromatic rings. The number of nitrogens with one attached hydrogen (secondary N) is 2. The molecule has 6 heteroatoms. The summed E-state index contributed by atoms with van der Waals surface area (Å²) in [5.41, 5.74) is 3.92. The Labute approximate surface area is 164 Å². The van der Waals surface area contributed by atoms with Crippen molar-refractivity contribution < 1.29 is 14.3 Å². The molecule has 3 rings (SSSR count). The topological polar surface area (TPSA) is 72.4 Å². The highest BCUT2D eigenvalue weighted by atomic mass is 16.5. The number of nitrogens with zero attached hydrogens (tertiary/aromatic N) is 1. The standard InChI is InChI=1S/C22H25N3O3/c1-5-25-20-12-11-18(28-6-2)13-19(20)14(3)21(25)22(27)24-17-9-7-16(8-10-17)23-15(4)26/h7-13H,5-6H2,1-4H3,(H,23,26)(H,24,27). The highest BCUT2D eigenvalue weighted by Crippen LogP contribution is 2.30. The van der Waals surface area contributed by atoms with Gasteiger partial charge in [-0.25, -0.2) is 0 Å². The van der Waals surface area contributed by atoms with Crippen LogP contribution in [0.5, 0.6) is 5.75 Å². The number of rotatable bonds is 6. The second-order valence-corrected chi connectivity index (χ2v) is 6.54. The van der Waals surface area contributed by atoms with E-state index in [9.17, 15) is 9.59 Å². The zero-order valence-corrected chi connectivity index (χ0v) is 16.6. The van der Waals surface area contributed by atoms with Crippen molar-refractivity contribution in [1.82, 2.24) is 4.57 Å². The first-order valence-corrected chi connectivity index (χ1v) is 9.39. The number of carbonyl (C=O) groups excluding carboxylic acids is 2. The van der Waals surface area contributed by atoms with E-state index in [0.717, 1.165) is 22.2 Å². The Morgan fingerprint density at radius 2 is 1.64 bits per heavy atom. The number of hydrogen-bond donors (Lipinski definition) is 2. The summed E-state index contributed by atoms with van der Waals surface area (Å²) in [6.07, 6.45) is 0. The second kappa shape index (κ2) is 8.17. The minimum absolute atomic E-state index is 0.133. The van der Waals surface area contributed by atoms with Gasteiger partial charge < -0.3 is 19.9 Å². The van der Waals surface area contributed by atoms with E-state index in [1.165, 1.54) is 6.92 Å². The van der Waals surface area contributed by atoms with Gasteiger partial charge in [-0.1, -0.05) is 0 Å². The average Bonchev–Trinajstić information content (AvgIpc) is 2.95. The van der Waals surface area contributed by atoms with Gasteiger partial charge in [0.15, 0.2) is 0 Å². The number of aromatic nitrogens is 1. The minimum Gasteiger partial charge on any atom is -0.494 e. The molecule has 28 heavy (non-hydrogen) atoms. The van der Waals surface area contributed by atoms with Crippen LogP contribution < -0.4 is 15.4 Å². The largest absolute Gasteiger partial charge is 0.494 e. The van der Waals surface area contributed by atoms with Gasteiger partial charge in [0, 0.05) is 35.7 Å². The van der Waals surface area contributed by atoms with E-state index in [-0.39, 0.29) is 11.8 Å². The van der Waals surface area contributed by atoms with E-state index in [4.69, 9.17) is 4.74 Å². The molecule has 1 aromatic heterocycles. The van der Waals surface area contributed by atoms with Crippen LogP contribution in [-0.4, -0.2) is 23.0 Å². The Kier molecular flexibility index (Phi) is 5.68. The molecule has 0 bridgehead atoms. The quantitative estimate of drug-likeness (QED) is 0.658. The summed E-state index contributed by atoms with van der Waals surface area (Å²) in [7, 11) is 0. The molecular weight excluding hydrogens is 354 g/mol. The Hall–Kier alpha value is -3.28. The number of aryl methyl sites for hydroxylation is 2. The monoisotopic (exact) mass is 379 g/mol. The van der Waals surface area contributed by atoms with Crippen molar-refractivity contribution in [2.24, 2.45) is 0 Å². The van der Waals surface area contributed by atoms with Crippen molar-refractivity contribution in [1.29, 1.82) is 0 Å². The van der Waals surface area contributed by atoms with Crippen molar-refractivity contribution in [3.63, 3.8) is 0 Å². The summed E-state index contributed by atoms with van der Waals surface area (Å²) >= 11 is 0. The lowest BCUT2D eigenvalue weighted by molar-refractivity contribution is -0.114. The summed E-state index contributed by atoms with van der Waals surface area (Å²) in [4.78, 5) is 24.2. The maximum Gasteiger partial charge on any atom is 0.272 e. The van der Waals surface area contributed by atoms with Crippen molar-refractivity contribution in [3.05, 3.63) is 53.7 Å². The third kappa shape index (κ3) is 3.86. The van der Waals surface area contributed by atoms with E-state index in [1.54, 1.807) is 24.3 Å². The molecule has 6 nitrogen and oxygen atoms in total. The van der Waals surface area contributed by atoms with Crippen LogP contribution >= 0.6 is 0 Å². The predicted molar refractivity (Wildman–Crippen MR) is 112 cm³/mol. The van der Waals surface area contributed by atoms with E-state index < -0.39 is 0 Å². The summed E-state index contributed by atoms with van der Waals surface area (Å²) in [5, 5.41) is 6.67. The van der Waals surface area contributed by atoms with Crippen LogP contribution in [-0.2, 0) is 11.3 Å². The van der Waals surface area contributed by atoms with E-state index in [1.807, 2.05) is 43.5 Å². The highest BCUT2D eigenvalue weighted by Gasteiger charge is 2.20. The minimum atomic E-state index is -0.166. The summed E-state index contributed by atoms with van der Waals surface area (Å²) in [6.45, 7) is 8.67. The molecule has 2 amide bonds. The molecule has 0 fully saturated rings. The zero-order valence-electron chi connectivity index (χ0n) is 16.6. The molecule has 0 unspecified atom stereocenters. The number of ether oxygens (including phenoxy) is 1. The maximum absolute atomic E-state index is 13.0. The van der Waals surface area contributed by atoms with Gasteiger partial charge in [-0.3, -0.25) is 9.59 Å². The summed E-state index contributed by atoms with van der Waals surface area (Å²) in [5.74, 6) is 0.499. The van der Waals surface area contributed by atoms with Gasteiger partial charge in [-0.05, 0) is 68.8 Å². The van der Waals surface area contributed by atoms with Gasteiger partial charge >= 0.3 is 0 Å². The van der Waals surface area contributed by atoms with Gasteiger partial charge in [-0.2, -0.15) is 0 Å². The van der Waals surface area contributed by atoms with Gasteiger partial charge in [0.1, 0.15) is 11.4 Å². The van der Waals surface area contributed by atoms with E-state index >= 15 is 0 Å². The second-order valence-electron chi connectivity index (χ2n) is 6.54. The first-order valence-electron chi connectivity index (χ1n) is 9.39. The molecule has 1 heterocycles. The third-order valence-electron chi connectivity index (χ3n) is 4.59. The number of amides is 2. The molecule has 0 spiro atoms. The van der Waals surface area contributed by atoms with Crippen molar-refractivity contribution in [2.75, 3.05) is 17.2 Å². The molecule has 2 aromatic carbocycles. The molecule has 0 atom stereocenters. The molecule has 0 radical (unpaired) electrons. The summed E-state index contributed by atoms with van der Waals surface area (Å²) < 4.78 is 7.62. The van der Waals surface area contributed by atoms with Crippen LogP contribution in [0.25, 0.3) is 10.9 Å². The fourth-order valence-electron chi connectivity index (χ4n) is 3.41. The Morgan fingerprint density at radius 1 is 1.00 bits per heavy atom. The molecular formula is C22H25N3O3. The van der Waals surface area contributed by atoms with Crippen LogP contribution in [0.4, 0.5) is 11.4 Å². The summed E-state index contributed by atoms with van der Waals surface area (Å²) in [6, 6.07) is 13.0. The van der Waals surface area contributed by atoms with Crippen LogP contribution in [0.3, 0.4) is 0 Å². The molecule has 0 aliphatic heterocycles. The molecule has 0 saturated carbocycles. The fraction of sp³-hybridized carbons (Fsp3) is 0.273. The van der Waals surface area contributed by atoms with Gasteiger partial charge in [0.2, 0.25) is 5.91 Å². The van der Waals surface area contributed by atoms with E-state index in [2.05, 4.69) is 10.6 Å². The number of carbonyl (C=O) groups is 2.